The second-order valence-corrected chi connectivity index (χ2v) is 6.99. The molecule has 0 saturated carbocycles. The molecule has 0 saturated heterocycles. The summed E-state index contributed by atoms with van der Waals surface area (Å²) in [7, 11) is 1.21. The third-order valence-corrected chi connectivity index (χ3v) is 4.82. The molecule has 3 aromatic rings. The molecule has 0 aliphatic rings. The van der Waals surface area contributed by atoms with Gasteiger partial charge in [0.05, 0.1) is 12.0 Å². The molecule has 9 nitrogen and oxygen atoms in total. The number of hydrogen-bond acceptors (Lipinski definition) is 7. The van der Waals surface area contributed by atoms with Gasteiger partial charge in [-0.2, -0.15) is 0 Å². The van der Waals surface area contributed by atoms with E-state index in [1.807, 2.05) is 6.07 Å². The maximum atomic E-state index is 12.8. The Morgan fingerprint density at radius 3 is 2.55 bits per heavy atom. The first-order valence-corrected chi connectivity index (χ1v) is 9.25. The number of aromatic nitrogens is 1. The van der Waals surface area contributed by atoms with E-state index in [-0.39, 0.29) is 21.4 Å². The standard InChI is InChI=1S/C18H13ClN4O5S/c1-28-18(25)22-17-20-14(10-5-3-2-4-6-10)16(29-17)21-15(24)12-9-11(19)7-8-13(12)23(26)27/h2-9H,1H3,(H,21,24)(H,20,22,25). The van der Waals surface area contributed by atoms with Crippen LogP contribution in [0, 0.1) is 10.1 Å². The van der Waals surface area contributed by atoms with Gasteiger partial charge < -0.3 is 10.1 Å². The fourth-order valence-corrected chi connectivity index (χ4v) is 3.45. The number of halogens is 1. The van der Waals surface area contributed by atoms with Gasteiger partial charge in [-0.05, 0) is 12.1 Å². The zero-order valence-electron chi connectivity index (χ0n) is 14.8. The number of carbonyl (C=O) groups is 2. The summed E-state index contributed by atoms with van der Waals surface area (Å²) in [5.41, 5.74) is 0.487. The summed E-state index contributed by atoms with van der Waals surface area (Å²) in [6, 6.07) is 12.6. The molecular weight excluding hydrogens is 420 g/mol. The molecule has 3 rings (SSSR count). The Morgan fingerprint density at radius 2 is 1.90 bits per heavy atom. The molecule has 0 aliphatic carbocycles. The van der Waals surface area contributed by atoms with E-state index in [1.165, 1.54) is 19.2 Å². The quantitative estimate of drug-likeness (QED) is 0.440. The predicted octanol–water partition coefficient (Wildman–Crippen LogP) is 4.80. The van der Waals surface area contributed by atoms with Crippen molar-refractivity contribution in [3.8, 4) is 11.3 Å². The van der Waals surface area contributed by atoms with Gasteiger partial charge in [0.1, 0.15) is 16.3 Å². The van der Waals surface area contributed by atoms with Gasteiger partial charge in [-0.15, -0.1) is 0 Å². The number of anilines is 2. The molecule has 0 atom stereocenters. The van der Waals surface area contributed by atoms with E-state index in [0.29, 0.717) is 16.3 Å². The summed E-state index contributed by atoms with van der Waals surface area (Å²) in [6.45, 7) is 0. The third-order valence-electron chi connectivity index (χ3n) is 3.70. The lowest BCUT2D eigenvalue weighted by Crippen LogP contribution is -2.13. The largest absolute Gasteiger partial charge is 0.453 e. The van der Waals surface area contributed by atoms with Crippen molar-refractivity contribution in [3.05, 3.63) is 69.2 Å². The first-order valence-electron chi connectivity index (χ1n) is 8.05. The molecule has 0 fully saturated rings. The lowest BCUT2D eigenvalue weighted by Gasteiger charge is -2.06. The Kier molecular flexibility index (Phi) is 6.05. The van der Waals surface area contributed by atoms with Crippen LogP contribution in [0.5, 0.6) is 0 Å². The van der Waals surface area contributed by atoms with Crippen molar-refractivity contribution >= 4 is 50.8 Å². The monoisotopic (exact) mass is 432 g/mol. The van der Waals surface area contributed by atoms with Crippen molar-refractivity contribution in [2.45, 2.75) is 0 Å². The normalized spacial score (nSPS) is 10.3. The van der Waals surface area contributed by atoms with Crippen LogP contribution in [0.3, 0.4) is 0 Å². The van der Waals surface area contributed by atoms with E-state index in [2.05, 4.69) is 20.4 Å². The minimum Gasteiger partial charge on any atom is -0.453 e. The van der Waals surface area contributed by atoms with E-state index in [1.54, 1.807) is 24.3 Å². The molecule has 1 heterocycles. The van der Waals surface area contributed by atoms with Crippen LogP contribution in [0.2, 0.25) is 5.02 Å². The van der Waals surface area contributed by atoms with Crippen LogP contribution in [-0.2, 0) is 4.74 Å². The van der Waals surface area contributed by atoms with E-state index in [0.717, 1.165) is 17.4 Å². The van der Waals surface area contributed by atoms with Gasteiger partial charge in [-0.1, -0.05) is 53.3 Å². The topological polar surface area (TPSA) is 123 Å². The van der Waals surface area contributed by atoms with Crippen LogP contribution < -0.4 is 10.6 Å². The molecule has 148 valence electrons. The smallest absolute Gasteiger partial charge is 0.413 e. The number of hydrogen-bond donors (Lipinski definition) is 2. The molecule has 2 aromatic carbocycles. The summed E-state index contributed by atoms with van der Waals surface area (Å²) in [4.78, 5) is 39.2. The molecule has 0 unspecified atom stereocenters. The Bertz CT molecular complexity index is 1090. The molecule has 0 aliphatic heterocycles. The maximum absolute atomic E-state index is 12.8. The Morgan fingerprint density at radius 1 is 1.17 bits per heavy atom. The lowest BCUT2D eigenvalue weighted by atomic mass is 10.1. The summed E-state index contributed by atoms with van der Waals surface area (Å²) in [6.07, 6.45) is -0.721. The molecule has 0 radical (unpaired) electrons. The SMILES string of the molecule is COC(=O)Nc1nc(-c2ccccc2)c(NC(=O)c2cc(Cl)ccc2[N+](=O)[O-])s1. The second kappa shape index (κ2) is 8.67. The summed E-state index contributed by atoms with van der Waals surface area (Å²) >= 11 is 6.88. The molecule has 2 amide bonds. The van der Waals surface area contributed by atoms with Crippen molar-refractivity contribution in [1.82, 2.24) is 4.98 Å². The molecule has 2 N–H and O–H groups in total. The number of rotatable bonds is 5. The van der Waals surface area contributed by atoms with Crippen LogP contribution >= 0.6 is 22.9 Å². The zero-order chi connectivity index (χ0) is 21.0. The van der Waals surface area contributed by atoms with Gasteiger partial charge in [-0.3, -0.25) is 20.2 Å². The van der Waals surface area contributed by atoms with Gasteiger partial charge >= 0.3 is 6.09 Å². The number of thiazole rings is 1. The fraction of sp³-hybridized carbons (Fsp3) is 0.0556. The minimum absolute atomic E-state index is 0.182. The van der Waals surface area contributed by atoms with Crippen molar-refractivity contribution < 1.29 is 19.2 Å². The molecule has 0 spiro atoms. The fourth-order valence-electron chi connectivity index (χ4n) is 2.41. The van der Waals surface area contributed by atoms with Crippen LogP contribution in [0.15, 0.2) is 48.5 Å². The van der Waals surface area contributed by atoms with Gasteiger partial charge in [0.2, 0.25) is 0 Å². The first-order chi connectivity index (χ1) is 13.9. The zero-order valence-corrected chi connectivity index (χ0v) is 16.4. The van der Waals surface area contributed by atoms with Crippen molar-refractivity contribution in [2.24, 2.45) is 0 Å². The molecule has 11 heteroatoms. The Labute approximate surface area is 173 Å². The number of amides is 2. The Balaban J connectivity index is 2.00. The average Bonchev–Trinajstić information content (AvgIpc) is 3.10. The maximum Gasteiger partial charge on any atom is 0.413 e. The van der Waals surface area contributed by atoms with E-state index in [9.17, 15) is 19.7 Å². The van der Waals surface area contributed by atoms with Gasteiger partial charge in [0.15, 0.2) is 5.13 Å². The Hall–Kier alpha value is -3.50. The summed E-state index contributed by atoms with van der Waals surface area (Å²) in [5, 5.41) is 17.0. The number of methoxy groups -OCH3 is 1. The lowest BCUT2D eigenvalue weighted by molar-refractivity contribution is -0.385. The molecular formula is C18H13ClN4O5S. The summed E-state index contributed by atoms with van der Waals surface area (Å²) in [5.74, 6) is -0.732. The highest BCUT2D eigenvalue weighted by atomic mass is 35.5. The van der Waals surface area contributed by atoms with Crippen molar-refractivity contribution in [2.75, 3.05) is 17.7 Å². The first kappa shape index (κ1) is 20.2. The molecule has 29 heavy (non-hydrogen) atoms. The number of benzene rings is 2. The van der Waals surface area contributed by atoms with Crippen LogP contribution in [0.25, 0.3) is 11.3 Å². The molecule has 1 aromatic heterocycles. The third kappa shape index (κ3) is 4.68. The highest BCUT2D eigenvalue weighted by Gasteiger charge is 2.23. The predicted molar refractivity (Wildman–Crippen MR) is 110 cm³/mol. The highest BCUT2D eigenvalue weighted by Crippen LogP contribution is 2.36. The van der Waals surface area contributed by atoms with E-state index >= 15 is 0 Å². The van der Waals surface area contributed by atoms with Crippen LogP contribution in [0.4, 0.5) is 20.6 Å². The van der Waals surface area contributed by atoms with Gasteiger partial charge in [0.25, 0.3) is 11.6 Å². The number of nitro benzene ring substituents is 1. The van der Waals surface area contributed by atoms with Gasteiger partial charge in [0, 0.05) is 16.7 Å². The van der Waals surface area contributed by atoms with E-state index < -0.39 is 16.9 Å². The summed E-state index contributed by atoms with van der Waals surface area (Å²) < 4.78 is 4.55. The van der Waals surface area contributed by atoms with Gasteiger partial charge in [-0.25, -0.2) is 9.78 Å². The number of carbonyl (C=O) groups excluding carboxylic acids is 2. The number of nitrogens with one attached hydrogen (secondary N) is 2. The van der Waals surface area contributed by atoms with Crippen LogP contribution in [-0.4, -0.2) is 29.0 Å². The average molecular weight is 433 g/mol. The van der Waals surface area contributed by atoms with Crippen molar-refractivity contribution in [1.29, 1.82) is 0 Å². The molecule has 0 bridgehead atoms. The number of ether oxygens (including phenoxy) is 1. The highest BCUT2D eigenvalue weighted by molar-refractivity contribution is 7.20. The van der Waals surface area contributed by atoms with Crippen molar-refractivity contribution in [3.63, 3.8) is 0 Å². The second-order valence-electron chi connectivity index (χ2n) is 5.55. The van der Waals surface area contributed by atoms with Crippen LogP contribution in [0.1, 0.15) is 10.4 Å². The van der Waals surface area contributed by atoms with E-state index in [4.69, 9.17) is 11.6 Å². The number of nitrogens with zero attached hydrogens (tertiary/aromatic N) is 2. The minimum atomic E-state index is -0.732. The number of nitro groups is 1.